The molecule has 31 heavy (non-hydrogen) atoms. The molecule has 0 atom stereocenters. The van der Waals surface area contributed by atoms with Crippen LogP contribution in [0.25, 0.3) is 10.9 Å². The van der Waals surface area contributed by atoms with E-state index in [0.29, 0.717) is 17.2 Å². The minimum Gasteiger partial charge on any atom is -0.497 e. The number of carbonyl (C=O) groups excluding carboxylic acids is 1. The molecule has 3 aromatic rings. The van der Waals surface area contributed by atoms with Crippen molar-refractivity contribution in [3.05, 3.63) is 64.3 Å². The second-order valence-electron chi connectivity index (χ2n) is 9.45. The summed E-state index contributed by atoms with van der Waals surface area (Å²) in [5, 5.41) is 1.79. The van der Waals surface area contributed by atoms with Crippen LogP contribution in [-0.4, -0.2) is 32.5 Å². The Morgan fingerprint density at radius 2 is 1.74 bits per heavy atom. The Kier molecular flexibility index (Phi) is 6.70. The Balaban J connectivity index is 2.02. The average molecular weight is 458 g/mol. The van der Waals surface area contributed by atoms with Gasteiger partial charge in [-0.25, -0.2) is 0 Å². The molecule has 0 aliphatic heterocycles. The number of carbonyl (C=O) groups is 1. The van der Waals surface area contributed by atoms with Gasteiger partial charge >= 0.3 is 0 Å². The van der Waals surface area contributed by atoms with Gasteiger partial charge in [0.15, 0.2) is 8.32 Å². The number of ether oxygens (including phenoxy) is 1. The van der Waals surface area contributed by atoms with Crippen LogP contribution in [0.15, 0.2) is 42.5 Å². The summed E-state index contributed by atoms with van der Waals surface area (Å²) in [5.41, 5.74) is 3.53. The van der Waals surface area contributed by atoms with E-state index >= 15 is 0 Å². The molecule has 6 heteroatoms. The van der Waals surface area contributed by atoms with Crippen LogP contribution in [0.4, 0.5) is 0 Å². The summed E-state index contributed by atoms with van der Waals surface area (Å²) in [6.45, 7) is 13.9. The van der Waals surface area contributed by atoms with Crippen molar-refractivity contribution < 1.29 is 14.0 Å². The highest BCUT2D eigenvalue weighted by molar-refractivity contribution is 6.74. The van der Waals surface area contributed by atoms with E-state index in [1.165, 1.54) is 0 Å². The van der Waals surface area contributed by atoms with Gasteiger partial charge in [-0.2, -0.15) is 0 Å². The molecule has 0 saturated carbocycles. The summed E-state index contributed by atoms with van der Waals surface area (Å²) < 4.78 is 13.7. The van der Waals surface area contributed by atoms with E-state index in [1.807, 2.05) is 25.1 Å². The SMILES string of the molecule is COc1ccc2c(c1)c(CCO[Si](C)(C)C(C)(C)C)c(C)n2C(=O)c1ccc(Cl)cc1. The zero-order valence-electron chi connectivity index (χ0n) is 19.5. The molecule has 0 N–H and O–H groups in total. The van der Waals surface area contributed by atoms with Crippen LogP contribution in [0.2, 0.25) is 23.2 Å². The van der Waals surface area contributed by atoms with E-state index in [9.17, 15) is 4.79 Å². The lowest BCUT2D eigenvalue weighted by Crippen LogP contribution is -2.41. The molecule has 2 aromatic carbocycles. The predicted molar refractivity (Wildman–Crippen MR) is 131 cm³/mol. The summed E-state index contributed by atoms with van der Waals surface area (Å²) >= 11 is 6.01. The Morgan fingerprint density at radius 1 is 1.10 bits per heavy atom. The second kappa shape index (κ2) is 8.81. The van der Waals surface area contributed by atoms with Crippen LogP contribution in [0.5, 0.6) is 5.75 Å². The van der Waals surface area contributed by atoms with E-state index < -0.39 is 8.32 Å². The van der Waals surface area contributed by atoms with Crippen molar-refractivity contribution in [1.29, 1.82) is 0 Å². The zero-order valence-corrected chi connectivity index (χ0v) is 21.3. The Bertz CT molecular complexity index is 1090. The van der Waals surface area contributed by atoms with Crippen LogP contribution < -0.4 is 4.74 Å². The van der Waals surface area contributed by atoms with Crippen LogP contribution in [0.1, 0.15) is 42.4 Å². The Hall–Kier alpha value is -2.08. The summed E-state index contributed by atoms with van der Waals surface area (Å²) in [7, 11) is -0.189. The zero-order chi connectivity index (χ0) is 23.0. The van der Waals surface area contributed by atoms with Crippen molar-refractivity contribution in [1.82, 2.24) is 4.57 Å². The summed E-state index contributed by atoms with van der Waals surface area (Å²) in [4.78, 5) is 13.4. The molecular formula is C25H32ClNO3Si. The fourth-order valence-electron chi connectivity index (χ4n) is 3.51. The molecule has 0 radical (unpaired) electrons. The van der Waals surface area contributed by atoms with Gasteiger partial charge in [0, 0.05) is 28.3 Å². The summed E-state index contributed by atoms with van der Waals surface area (Å²) in [5.74, 6) is 0.705. The standard InChI is InChI=1S/C25H32ClNO3Si/c1-17-21(14-15-30-31(6,7)25(2,3)4)22-16-20(29-5)12-13-23(22)27(17)24(28)18-8-10-19(26)11-9-18/h8-13,16H,14-15H2,1-7H3. The van der Waals surface area contributed by atoms with Crippen LogP contribution >= 0.6 is 11.6 Å². The van der Waals surface area contributed by atoms with Crippen LogP contribution in [0.3, 0.4) is 0 Å². The average Bonchev–Trinajstić information content (AvgIpc) is 2.98. The monoisotopic (exact) mass is 457 g/mol. The predicted octanol–water partition coefficient (Wildman–Crippen LogP) is 6.86. The third kappa shape index (κ3) is 4.74. The van der Waals surface area contributed by atoms with E-state index in [-0.39, 0.29) is 10.9 Å². The molecule has 0 bridgehead atoms. The molecule has 3 rings (SSSR count). The smallest absolute Gasteiger partial charge is 0.262 e. The van der Waals surface area contributed by atoms with Gasteiger partial charge in [-0.1, -0.05) is 32.4 Å². The Morgan fingerprint density at radius 3 is 2.32 bits per heavy atom. The first-order chi connectivity index (χ1) is 14.5. The molecule has 166 valence electrons. The van der Waals surface area contributed by atoms with Gasteiger partial charge < -0.3 is 9.16 Å². The highest BCUT2D eigenvalue weighted by Crippen LogP contribution is 2.37. The molecule has 0 aliphatic rings. The lowest BCUT2D eigenvalue weighted by Gasteiger charge is -2.36. The van der Waals surface area contributed by atoms with Crippen molar-refractivity contribution in [3.8, 4) is 5.75 Å². The first-order valence-corrected chi connectivity index (χ1v) is 13.9. The number of aromatic nitrogens is 1. The molecule has 0 amide bonds. The van der Waals surface area contributed by atoms with Crippen LogP contribution in [0, 0.1) is 6.92 Å². The topological polar surface area (TPSA) is 40.5 Å². The van der Waals surface area contributed by atoms with Gasteiger partial charge in [-0.05, 0) is 79.5 Å². The first-order valence-electron chi connectivity index (χ1n) is 10.6. The highest BCUT2D eigenvalue weighted by Gasteiger charge is 2.37. The third-order valence-electron chi connectivity index (χ3n) is 6.46. The number of benzene rings is 2. The molecular weight excluding hydrogens is 426 g/mol. The normalized spacial score (nSPS) is 12.4. The molecule has 0 spiro atoms. The molecule has 4 nitrogen and oxygen atoms in total. The molecule has 0 aliphatic carbocycles. The van der Waals surface area contributed by atoms with Crippen molar-refractivity contribution >= 4 is 36.7 Å². The lowest BCUT2D eigenvalue weighted by atomic mass is 10.1. The first kappa shape index (κ1) is 23.6. The second-order valence-corrected chi connectivity index (χ2v) is 14.7. The number of nitrogens with zero attached hydrogens (tertiary/aromatic N) is 1. The maximum atomic E-state index is 13.4. The maximum Gasteiger partial charge on any atom is 0.262 e. The lowest BCUT2D eigenvalue weighted by molar-refractivity contribution is 0.0963. The van der Waals surface area contributed by atoms with Crippen molar-refractivity contribution in [2.45, 2.75) is 52.2 Å². The molecule has 0 unspecified atom stereocenters. The van der Waals surface area contributed by atoms with Gasteiger partial charge in [0.05, 0.1) is 12.6 Å². The number of hydrogen-bond acceptors (Lipinski definition) is 3. The van der Waals surface area contributed by atoms with Crippen molar-refractivity contribution in [2.75, 3.05) is 13.7 Å². The minimum atomic E-state index is -1.85. The van der Waals surface area contributed by atoms with Crippen molar-refractivity contribution in [2.24, 2.45) is 0 Å². The molecule has 1 heterocycles. The summed E-state index contributed by atoms with van der Waals surface area (Å²) in [6.07, 6.45) is 0.739. The van der Waals surface area contributed by atoms with Gasteiger partial charge in [-0.15, -0.1) is 0 Å². The minimum absolute atomic E-state index is 0.0686. The Labute approximate surface area is 191 Å². The fourth-order valence-corrected chi connectivity index (χ4v) is 4.68. The third-order valence-corrected chi connectivity index (χ3v) is 11.2. The van der Waals surface area contributed by atoms with Crippen molar-refractivity contribution in [3.63, 3.8) is 0 Å². The quantitative estimate of drug-likeness (QED) is 0.379. The van der Waals surface area contributed by atoms with E-state index in [2.05, 4.69) is 33.9 Å². The highest BCUT2D eigenvalue weighted by atomic mass is 35.5. The van der Waals surface area contributed by atoms with Gasteiger partial charge in [0.1, 0.15) is 5.75 Å². The number of halogens is 1. The van der Waals surface area contributed by atoms with Gasteiger partial charge in [0.2, 0.25) is 0 Å². The number of hydrogen-bond donors (Lipinski definition) is 0. The van der Waals surface area contributed by atoms with E-state index in [1.54, 1.807) is 35.9 Å². The number of methoxy groups -OCH3 is 1. The molecule has 0 fully saturated rings. The van der Waals surface area contributed by atoms with Gasteiger partial charge in [0.25, 0.3) is 5.91 Å². The fraction of sp³-hybridized carbons (Fsp3) is 0.400. The van der Waals surface area contributed by atoms with Gasteiger partial charge in [-0.3, -0.25) is 9.36 Å². The number of rotatable bonds is 6. The summed E-state index contributed by atoms with van der Waals surface area (Å²) in [6, 6.07) is 12.9. The molecule has 1 aromatic heterocycles. The number of fused-ring (bicyclic) bond motifs is 1. The van der Waals surface area contributed by atoms with Crippen LogP contribution in [-0.2, 0) is 10.8 Å². The van der Waals surface area contributed by atoms with E-state index in [4.69, 9.17) is 20.8 Å². The van der Waals surface area contributed by atoms with E-state index in [0.717, 1.165) is 34.3 Å². The maximum absolute atomic E-state index is 13.4. The molecule has 0 saturated heterocycles. The largest absolute Gasteiger partial charge is 0.497 e.